The lowest BCUT2D eigenvalue weighted by atomic mass is 10.1. The van der Waals surface area contributed by atoms with Crippen LogP contribution in [0.4, 0.5) is 4.39 Å². The van der Waals surface area contributed by atoms with E-state index < -0.39 is 18.3 Å². The highest BCUT2D eigenvalue weighted by molar-refractivity contribution is 5.77. The summed E-state index contributed by atoms with van der Waals surface area (Å²) in [4.78, 5) is 22.6. The molecule has 0 rings (SSSR count). The van der Waals surface area contributed by atoms with E-state index in [2.05, 4.69) is 18.2 Å². The van der Waals surface area contributed by atoms with Crippen molar-refractivity contribution in [1.29, 1.82) is 0 Å². The van der Waals surface area contributed by atoms with Crippen LogP contribution in [0.5, 0.6) is 0 Å². The van der Waals surface area contributed by atoms with Gasteiger partial charge in [0, 0.05) is 0 Å². The highest BCUT2D eigenvalue weighted by Gasteiger charge is 2.12. The van der Waals surface area contributed by atoms with Crippen LogP contribution in [-0.2, 0) is 19.1 Å². The van der Waals surface area contributed by atoms with Crippen molar-refractivity contribution >= 4 is 11.9 Å². The summed E-state index contributed by atoms with van der Waals surface area (Å²) in [5.74, 6) is -1.21. The van der Waals surface area contributed by atoms with Gasteiger partial charge in [0.2, 0.25) is 0 Å². The van der Waals surface area contributed by atoms with Crippen LogP contribution in [0, 0.1) is 0 Å². The lowest BCUT2D eigenvalue weighted by molar-refractivity contribution is -0.157. The average molecular weight is 344 g/mol. The Morgan fingerprint density at radius 3 is 1.96 bits per heavy atom. The first-order valence-corrected chi connectivity index (χ1v) is 9.21. The summed E-state index contributed by atoms with van der Waals surface area (Å²) in [6, 6.07) is 0. The van der Waals surface area contributed by atoms with E-state index in [0.29, 0.717) is 6.61 Å². The van der Waals surface area contributed by atoms with Gasteiger partial charge in [-0.3, -0.25) is 9.59 Å². The van der Waals surface area contributed by atoms with Gasteiger partial charge in [0.05, 0.1) is 19.4 Å². The molecule has 0 saturated carbocycles. The number of carbonyl (C=O) groups excluding carboxylic acids is 2. The van der Waals surface area contributed by atoms with Crippen molar-refractivity contribution in [1.82, 2.24) is 0 Å². The Balaban J connectivity index is 3.34. The van der Waals surface area contributed by atoms with Gasteiger partial charge >= 0.3 is 11.9 Å². The van der Waals surface area contributed by atoms with E-state index in [-0.39, 0.29) is 12.8 Å². The molecule has 0 aromatic heterocycles. The molecule has 0 aromatic carbocycles. The number of esters is 2. The topological polar surface area (TPSA) is 52.6 Å². The molecular formula is C19H33FO4. The third-order valence-corrected chi connectivity index (χ3v) is 3.72. The molecule has 1 atom stereocenters. The van der Waals surface area contributed by atoms with E-state index >= 15 is 0 Å². The molecule has 0 heterocycles. The standard InChI is InChI=1S/C19H33FO4/c1-3-5-6-7-8-9-10-11-12-13-16-23-18(21)14-15-19(22)24-17(20)4-2/h4,17H,2-3,5-16H2,1H3. The van der Waals surface area contributed by atoms with E-state index in [4.69, 9.17) is 4.74 Å². The van der Waals surface area contributed by atoms with Crippen LogP contribution in [0.3, 0.4) is 0 Å². The molecular weight excluding hydrogens is 311 g/mol. The van der Waals surface area contributed by atoms with Crippen molar-refractivity contribution < 1.29 is 23.5 Å². The van der Waals surface area contributed by atoms with Gasteiger partial charge in [-0.05, 0) is 12.5 Å². The van der Waals surface area contributed by atoms with Gasteiger partial charge in [-0.25, -0.2) is 0 Å². The van der Waals surface area contributed by atoms with Crippen LogP contribution in [0.25, 0.3) is 0 Å². The summed E-state index contributed by atoms with van der Waals surface area (Å²) >= 11 is 0. The van der Waals surface area contributed by atoms with E-state index in [1.54, 1.807) is 0 Å². The van der Waals surface area contributed by atoms with Gasteiger partial charge in [0.25, 0.3) is 6.36 Å². The predicted octanol–water partition coefficient (Wildman–Crippen LogP) is 5.26. The molecule has 0 bridgehead atoms. The minimum absolute atomic E-state index is 0.0829. The molecule has 0 aliphatic rings. The lowest BCUT2D eigenvalue weighted by Gasteiger charge is -2.06. The monoisotopic (exact) mass is 344 g/mol. The summed E-state index contributed by atoms with van der Waals surface area (Å²) in [7, 11) is 0. The molecule has 0 amide bonds. The van der Waals surface area contributed by atoms with Crippen molar-refractivity contribution in [3.63, 3.8) is 0 Å². The molecule has 24 heavy (non-hydrogen) atoms. The van der Waals surface area contributed by atoms with E-state index in [0.717, 1.165) is 25.3 Å². The minimum atomic E-state index is -1.82. The Labute approximate surface area is 145 Å². The molecule has 0 saturated heterocycles. The summed E-state index contributed by atoms with van der Waals surface area (Å²) in [6.07, 6.45) is 11.0. The SMILES string of the molecule is C=CC(F)OC(=O)CCC(=O)OCCCCCCCCCCCC. The van der Waals surface area contributed by atoms with Gasteiger partial charge in [-0.15, -0.1) is 0 Å². The van der Waals surface area contributed by atoms with Crippen LogP contribution in [0.15, 0.2) is 12.7 Å². The smallest absolute Gasteiger partial charge is 0.309 e. The number of carbonyl (C=O) groups is 2. The van der Waals surface area contributed by atoms with Gasteiger partial charge < -0.3 is 9.47 Å². The molecule has 1 unspecified atom stereocenters. The maximum atomic E-state index is 12.7. The van der Waals surface area contributed by atoms with Crippen LogP contribution in [-0.4, -0.2) is 24.9 Å². The van der Waals surface area contributed by atoms with Crippen molar-refractivity contribution in [2.75, 3.05) is 6.61 Å². The van der Waals surface area contributed by atoms with Crippen molar-refractivity contribution in [2.24, 2.45) is 0 Å². The molecule has 0 aromatic rings. The number of unbranched alkanes of at least 4 members (excludes halogenated alkanes) is 9. The van der Waals surface area contributed by atoms with Crippen molar-refractivity contribution in [3.8, 4) is 0 Å². The second kappa shape index (κ2) is 16.5. The number of ether oxygens (including phenoxy) is 2. The van der Waals surface area contributed by atoms with Crippen molar-refractivity contribution in [2.45, 2.75) is 90.3 Å². The number of halogens is 1. The average Bonchev–Trinajstić information content (AvgIpc) is 2.57. The Kier molecular flexibility index (Phi) is 15.5. The fourth-order valence-electron chi connectivity index (χ4n) is 2.28. The molecule has 0 aliphatic carbocycles. The van der Waals surface area contributed by atoms with Crippen LogP contribution in [0.2, 0.25) is 0 Å². The highest BCUT2D eigenvalue weighted by atomic mass is 19.1. The Bertz CT molecular complexity index is 344. The molecule has 0 radical (unpaired) electrons. The van der Waals surface area contributed by atoms with Gasteiger partial charge in [-0.1, -0.05) is 71.3 Å². The summed E-state index contributed by atoms with van der Waals surface area (Å²) in [5.41, 5.74) is 0. The largest absolute Gasteiger partial charge is 0.466 e. The maximum absolute atomic E-state index is 12.7. The number of rotatable bonds is 16. The van der Waals surface area contributed by atoms with E-state index in [1.165, 1.54) is 44.9 Å². The lowest BCUT2D eigenvalue weighted by Crippen LogP contribution is -2.14. The quantitative estimate of drug-likeness (QED) is 0.218. The van der Waals surface area contributed by atoms with Crippen LogP contribution >= 0.6 is 0 Å². The zero-order valence-corrected chi connectivity index (χ0v) is 15.1. The summed E-state index contributed by atoms with van der Waals surface area (Å²) < 4.78 is 22.0. The first-order chi connectivity index (χ1) is 11.6. The zero-order valence-electron chi connectivity index (χ0n) is 15.1. The molecule has 140 valence electrons. The van der Waals surface area contributed by atoms with Gasteiger partial charge in [0.15, 0.2) is 0 Å². The Morgan fingerprint density at radius 1 is 0.917 bits per heavy atom. The molecule has 0 fully saturated rings. The maximum Gasteiger partial charge on any atom is 0.309 e. The van der Waals surface area contributed by atoms with E-state index in [9.17, 15) is 14.0 Å². The molecule has 0 N–H and O–H groups in total. The highest BCUT2D eigenvalue weighted by Crippen LogP contribution is 2.10. The second-order valence-corrected chi connectivity index (χ2v) is 5.98. The number of hydrogen-bond acceptors (Lipinski definition) is 4. The summed E-state index contributed by atoms with van der Waals surface area (Å²) in [6.45, 7) is 5.76. The van der Waals surface area contributed by atoms with Crippen LogP contribution < -0.4 is 0 Å². The zero-order chi connectivity index (χ0) is 18.0. The molecule has 0 spiro atoms. The minimum Gasteiger partial charge on any atom is -0.466 e. The third kappa shape index (κ3) is 15.5. The van der Waals surface area contributed by atoms with Crippen LogP contribution in [0.1, 0.15) is 84.0 Å². The number of hydrogen-bond donors (Lipinski definition) is 0. The van der Waals surface area contributed by atoms with Crippen molar-refractivity contribution in [3.05, 3.63) is 12.7 Å². The second-order valence-electron chi connectivity index (χ2n) is 5.98. The predicted molar refractivity (Wildman–Crippen MR) is 93.2 cm³/mol. The first kappa shape index (κ1) is 22.6. The van der Waals surface area contributed by atoms with Gasteiger partial charge in [0.1, 0.15) is 0 Å². The fraction of sp³-hybridized carbons (Fsp3) is 0.789. The normalized spacial score (nSPS) is 11.8. The number of alkyl halides is 1. The molecule has 0 aliphatic heterocycles. The summed E-state index contributed by atoms with van der Waals surface area (Å²) in [5, 5.41) is 0. The Morgan fingerprint density at radius 2 is 1.42 bits per heavy atom. The van der Waals surface area contributed by atoms with E-state index in [1.807, 2.05) is 0 Å². The van der Waals surface area contributed by atoms with Gasteiger partial charge in [-0.2, -0.15) is 4.39 Å². The Hall–Kier alpha value is -1.39. The molecule has 4 nitrogen and oxygen atoms in total. The molecule has 5 heteroatoms. The fourth-order valence-corrected chi connectivity index (χ4v) is 2.28. The first-order valence-electron chi connectivity index (χ1n) is 9.21. The third-order valence-electron chi connectivity index (χ3n) is 3.72.